The molecule has 0 unspecified atom stereocenters. The molecule has 0 bridgehead atoms. The molecule has 2 aromatic rings. The number of benzene rings is 1. The van der Waals surface area contributed by atoms with E-state index in [4.69, 9.17) is 11.6 Å². The van der Waals surface area contributed by atoms with Crippen LogP contribution in [0.15, 0.2) is 36.5 Å². The van der Waals surface area contributed by atoms with Crippen LogP contribution in [-0.2, 0) is 0 Å². The third-order valence-corrected chi connectivity index (χ3v) is 2.46. The molecule has 7 heteroatoms. The SMILES string of the molecule is O=C(Nc1ccccc1OC(F)F)c1cc(Cl)c[nH]1. The van der Waals surface area contributed by atoms with E-state index < -0.39 is 12.5 Å². The van der Waals surface area contributed by atoms with Crippen LogP contribution in [-0.4, -0.2) is 17.5 Å². The van der Waals surface area contributed by atoms with Gasteiger partial charge >= 0.3 is 6.61 Å². The fourth-order valence-electron chi connectivity index (χ4n) is 1.46. The molecule has 19 heavy (non-hydrogen) atoms. The van der Waals surface area contributed by atoms with Crippen molar-refractivity contribution < 1.29 is 18.3 Å². The van der Waals surface area contributed by atoms with Crippen molar-refractivity contribution in [3.05, 3.63) is 47.2 Å². The largest absolute Gasteiger partial charge is 0.433 e. The van der Waals surface area contributed by atoms with Gasteiger partial charge in [0, 0.05) is 6.20 Å². The molecule has 1 heterocycles. The van der Waals surface area contributed by atoms with E-state index in [1.165, 1.54) is 30.5 Å². The molecular weight excluding hydrogens is 278 g/mol. The maximum Gasteiger partial charge on any atom is 0.387 e. The molecule has 2 N–H and O–H groups in total. The van der Waals surface area contributed by atoms with Crippen molar-refractivity contribution in [3.63, 3.8) is 0 Å². The van der Waals surface area contributed by atoms with Crippen molar-refractivity contribution in [2.24, 2.45) is 0 Å². The predicted octanol–water partition coefficient (Wildman–Crippen LogP) is 3.52. The molecule has 0 aliphatic heterocycles. The molecule has 0 fully saturated rings. The first-order valence-electron chi connectivity index (χ1n) is 5.25. The van der Waals surface area contributed by atoms with Gasteiger partial charge in [0.25, 0.3) is 5.91 Å². The Hall–Kier alpha value is -2.08. The second-order valence-corrected chi connectivity index (χ2v) is 4.00. The van der Waals surface area contributed by atoms with Gasteiger partial charge in [-0.3, -0.25) is 4.79 Å². The van der Waals surface area contributed by atoms with Crippen LogP contribution in [0.5, 0.6) is 5.75 Å². The zero-order valence-electron chi connectivity index (χ0n) is 9.49. The van der Waals surface area contributed by atoms with Gasteiger partial charge in [-0.05, 0) is 18.2 Å². The number of H-pyrrole nitrogens is 1. The summed E-state index contributed by atoms with van der Waals surface area (Å²) in [5, 5.41) is 2.84. The molecule has 1 aromatic carbocycles. The first kappa shape index (κ1) is 13.4. The first-order valence-corrected chi connectivity index (χ1v) is 5.63. The second kappa shape index (κ2) is 5.71. The van der Waals surface area contributed by atoms with E-state index in [1.54, 1.807) is 6.07 Å². The monoisotopic (exact) mass is 286 g/mol. The Labute approximate surface area is 112 Å². The highest BCUT2D eigenvalue weighted by atomic mass is 35.5. The Kier molecular flexibility index (Phi) is 4.01. The molecule has 1 amide bonds. The zero-order chi connectivity index (χ0) is 13.8. The minimum atomic E-state index is -2.96. The average molecular weight is 287 g/mol. The Morgan fingerprint density at radius 2 is 2.11 bits per heavy atom. The minimum Gasteiger partial charge on any atom is -0.433 e. The van der Waals surface area contributed by atoms with Gasteiger partial charge in [0.1, 0.15) is 11.4 Å². The van der Waals surface area contributed by atoms with Crippen LogP contribution >= 0.6 is 11.6 Å². The molecule has 0 atom stereocenters. The van der Waals surface area contributed by atoms with Gasteiger partial charge in [0.05, 0.1) is 10.7 Å². The summed E-state index contributed by atoms with van der Waals surface area (Å²) in [5.41, 5.74) is 0.371. The summed E-state index contributed by atoms with van der Waals surface area (Å²) in [4.78, 5) is 14.5. The molecule has 0 saturated carbocycles. The van der Waals surface area contributed by atoms with E-state index in [9.17, 15) is 13.6 Å². The number of nitrogens with one attached hydrogen (secondary N) is 2. The standard InChI is InChI=1S/C12H9ClF2N2O2/c13-7-5-9(16-6-7)11(18)17-8-3-1-2-4-10(8)19-12(14)15/h1-6,12,16H,(H,17,18). The van der Waals surface area contributed by atoms with Gasteiger partial charge < -0.3 is 15.0 Å². The second-order valence-electron chi connectivity index (χ2n) is 3.56. The quantitative estimate of drug-likeness (QED) is 0.903. The van der Waals surface area contributed by atoms with Crippen LogP contribution in [0.25, 0.3) is 0 Å². The lowest BCUT2D eigenvalue weighted by Crippen LogP contribution is -2.14. The first-order chi connectivity index (χ1) is 9.06. The van der Waals surface area contributed by atoms with Crippen LogP contribution in [0.3, 0.4) is 0 Å². The van der Waals surface area contributed by atoms with Crippen LogP contribution in [0, 0.1) is 0 Å². The van der Waals surface area contributed by atoms with Crippen molar-refractivity contribution in [2.45, 2.75) is 6.61 Å². The van der Waals surface area contributed by atoms with Crippen molar-refractivity contribution >= 4 is 23.2 Å². The molecule has 4 nitrogen and oxygen atoms in total. The zero-order valence-corrected chi connectivity index (χ0v) is 10.2. The number of carbonyl (C=O) groups is 1. The van der Waals surface area contributed by atoms with Crippen LogP contribution in [0.4, 0.5) is 14.5 Å². The molecular formula is C12H9ClF2N2O2. The number of rotatable bonds is 4. The normalized spacial score (nSPS) is 10.5. The molecule has 100 valence electrons. The van der Waals surface area contributed by atoms with E-state index in [2.05, 4.69) is 15.0 Å². The van der Waals surface area contributed by atoms with Gasteiger partial charge in [0.2, 0.25) is 0 Å². The number of halogens is 3. The maximum absolute atomic E-state index is 12.2. The topological polar surface area (TPSA) is 54.1 Å². The van der Waals surface area contributed by atoms with Gasteiger partial charge in [-0.2, -0.15) is 8.78 Å². The number of hydrogen-bond donors (Lipinski definition) is 2. The van der Waals surface area contributed by atoms with Gasteiger partial charge in [-0.1, -0.05) is 23.7 Å². The predicted molar refractivity (Wildman–Crippen MR) is 66.8 cm³/mol. The average Bonchev–Trinajstić information content (AvgIpc) is 2.78. The van der Waals surface area contributed by atoms with E-state index in [1.807, 2.05) is 0 Å². The summed E-state index contributed by atoms with van der Waals surface area (Å²) in [5.74, 6) is -0.610. The highest BCUT2D eigenvalue weighted by Gasteiger charge is 2.13. The smallest absolute Gasteiger partial charge is 0.387 e. The Balaban J connectivity index is 2.16. The van der Waals surface area contributed by atoms with Crippen molar-refractivity contribution in [2.75, 3.05) is 5.32 Å². The fourth-order valence-corrected chi connectivity index (χ4v) is 1.62. The molecule has 0 aliphatic rings. The number of carbonyl (C=O) groups excluding carboxylic acids is 1. The van der Waals surface area contributed by atoms with Gasteiger partial charge in [-0.15, -0.1) is 0 Å². The molecule has 2 rings (SSSR count). The van der Waals surface area contributed by atoms with Crippen LogP contribution in [0.2, 0.25) is 5.02 Å². The van der Waals surface area contributed by atoms with Gasteiger partial charge in [-0.25, -0.2) is 0 Å². The van der Waals surface area contributed by atoms with Gasteiger partial charge in [0.15, 0.2) is 0 Å². The summed E-state index contributed by atoms with van der Waals surface area (Å²) >= 11 is 5.67. The summed E-state index contributed by atoms with van der Waals surface area (Å²) in [6.07, 6.45) is 1.44. The highest BCUT2D eigenvalue weighted by molar-refractivity contribution is 6.31. The maximum atomic E-state index is 12.2. The number of para-hydroxylation sites is 2. The van der Waals surface area contributed by atoms with E-state index in [0.29, 0.717) is 5.02 Å². The number of anilines is 1. The van der Waals surface area contributed by atoms with Crippen molar-refractivity contribution in [3.8, 4) is 5.75 Å². The number of hydrogen-bond acceptors (Lipinski definition) is 2. The summed E-state index contributed by atoms with van der Waals surface area (Å²) < 4.78 is 28.7. The lowest BCUT2D eigenvalue weighted by Gasteiger charge is -2.10. The highest BCUT2D eigenvalue weighted by Crippen LogP contribution is 2.26. The third kappa shape index (κ3) is 3.45. The fraction of sp³-hybridized carbons (Fsp3) is 0.0833. The lowest BCUT2D eigenvalue weighted by molar-refractivity contribution is -0.0493. The van der Waals surface area contributed by atoms with E-state index in [-0.39, 0.29) is 17.1 Å². The molecule has 0 saturated heterocycles. The minimum absolute atomic E-state index is 0.108. The Morgan fingerprint density at radius 3 is 2.74 bits per heavy atom. The summed E-state index contributed by atoms with van der Waals surface area (Å²) in [6, 6.07) is 7.34. The summed E-state index contributed by atoms with van der Waals surface area (Å²) in [7, 11) is 0. The molecule has 1 aromatic heterocycles. The number of alkyl halides is 2. The lowest BCUT2D eigenvalue weighted by atomic mass is 10.3. The Morgan fingerprint density at radius 1 is 1.37 bits per heavy atom. The molecule has 0 spiro atoms. The van der Waals surface area contributed by atoms with E-state index in [0.717, 1.165) is 0 Å². The van der Waals surface area contributed by atoms with E-state index >= 15 is 0 Å². The van der Waals surface area contributed by atoms with Crippen LogP contribution in [0.1, 0.15) is 10.5 Å². The molecule has 0 radical (unpaired) electrons. The Bertz CT molecular complexity index is 587. The number of amides is 1. The van der Waals surface area contributed by atoms with Crippen molar-refractivity contribution in [1.29, 1.82) is 0 Å². The third-order valence-electron chi connectivity index (χ3n) is 2.24. The molecule has 0 aliphatic carbocycles. The number of ether oxygens (including phenoxy) is 1. The van der Waals surface area contributed by atoms with Crippen molar-refractivity contribution in [1.82, 2.24) is 4.98 Å². The number of aromatic amines is 1. The number of aromatic nitrogens is 1. The summed E-state index contributed by atoms with van der Waals surface area (Å²) in [6.45, 7) is -2.96. The van der Waals surface area contributed by atoms with Crippen LogP contribution < -0.4 is 10.1 Å².